The maximum absolute atomic E-state index is 4.44. The highest BCUT2D eigenvalue weighted by Crippen LogP contribution is 2.43. The van der Waals surface area contributed by atoms with Crippen molar-refractivity contribution in [2.24, 2.45) is 11.8 Å². The maximum Gasteiger partial charge on any atom is 0.153 e. The van der Waals surface area contributed by atoms with Crippen LogP contribution in [0, 0.1) is 11.8 Å². The first-order chi connectivity index (χ1) is 9.40. The van der Waals surface area contributed by atoms with Gasteiger partial charge < -0.3 is 5.32 Å². The number of hydrogen-bond donors (Lipinski definition) is 1. The number of hydrogen-bond acceptors (Lipinski definition) is 3. The number of nitrogens with one attached hydrogen (secondary N) is 1. The van der Waals surface area contributed by atoms with Crippen LogP contribution in [0.15, 0.2) is 48.9 Å². The summed E-state index contributed by atoms with van der Waals surface area (Å²) in [6.07, 6.45) is 12.8. The molecule has 1 saturated carbocycles. The molecule has 1 N–H and O–H groups in total. The Morgan fingerprint density at radius 2 is 2.32 bits per heavy atom. The van der Waals surface area contributed by atoms with Crippen LogP contribution in [-0.2, 0) is 0 Å². The Morgan fingerprint density at radius 1 is 1.32 bits per heavy atom. The van der Waals surface area contributed by atoms with Gasteiger partial charge in [-0.25, -0.2) is 9.67 Å². The molecule has 0 spiro atoms. The molecule has 2 aliphatic rings. The molecule has 2 aromatic heterocycles. The fourth-order valence-electron chi connectivity index (χ4n) is 3.11. The Hall–Kier alpha value is -2.10. The fourth-order valence-corrected chi connectivity index (χ4v) is 3.11. The largest absolute Gasteiger partial charge is 0.380 e. The van der Waals surface area contributed by atoms with E-state index >= 15 is 0 Å². The summed E-state index contributed by atoms with van der Waals surface area (Å²) in [4.78, 5) is 4.44. The van der Waals surface area contributed by atoms with Crippen LogP contribution in [0.1, 0.15) is 12.8 Å². The second-order valence-corrected chi connectivity index (χ2v) is 5.34. The third kappa shape index (κ3) is 1.84. The van der Waals surface area contributed by atoms with Gasteiger partial charge >= 0.3 is 0 Å². The predicted octanol–water partition coefficient (Wildman–Crippen LogP) is 2.64. The Morgan fingerprint density at radius 3 is 3.05 bits per heavy atom. The first-order valence-electron chi connectivity index (χ1n) is 6.79. The van der Waals surface area contributed by atoms with Crippen molar-refractivity contribution in [3.8, 4) is 5.82 Å². The standard InChI is InChI=1S/C15H16N4/c1-3-11-9-14(13(11)4-1)18-12-5-6-15(16-10-12)19-8-2-7-17-19/h1-2,4-8,10-11,13-14,18H,3,9H2. The van der Waals surface area contributed by atoms with E-state index in [1.165, 1.54) is 12.8 Å². The first-order valence-corrected chi connectivity index (χ1v) is 6.79. The molecule has 2 aliphatic carbocycles. The molecule has 0 amide bonds. The fraction of sp³-hybridized carbons (Fsp3) is 0.333. The van der Waals surface area contributed by atoms with Crippen LogP contribution in [0.4, 0.5) is 5.69 Å². The van der Waals surface area contributed by atoms with Crippen LogP contribution in [0.25, 0.3) is 5.82 Å². The predicted molar refractivity (Wildman–Crippen MR) is 74.1 cm³/mol. The van der Waals surface area contributed by atoms with Crippen molar-refractivity contribution in [3.05, 3.63) is 48.9 Å². The van der Waals surface area contributed by atoms with E-state index in [0.29, 0.717) is 6.04 Å². The van der Waals surface area contributed by atoms with Crippen LogP contribution in [0.5, 0.6) is 0 Å². The van der Waals surface area contributed by atoms with E-state index < -0.39 is 0 Å². The third-order valence-electron chi connectivity index (χ3n) is 4.20. The van der Waals surface area contributed by atoms with Gasteiger partial charge in [0.1, 0.15) is 0 Å². The van der Waals surface area contributed by atoms with Crippen molar-refractivity contribution in [1.82, 2.24) is 14.8 Å². The Labute approximate surface area is 112 Å². The SMILES string of the molecule is C1=CC2C(C1)CC2Nc1ccc(-n2cccn2)nc1. The molecule has 1 fully saturated rings. The number of rotatable bonds is 3. The van der Waals surface area contributed by atoms with Crippen LogP contribution >= 0.6 is 0 Å². The zero-order valence-corrected chi connectivity index (χ0v) is 10.6. The lowest BCUT2D eigenvalue weighted by atomic mass is 9.71. The number of fused-ring (bicyclic) bond motifs is 1. The van der Waals surface area contributed by atoms with Crippen molar-refractivity contribution >= 4 is 5.69 Å². The van der Waals surface area contributed by atoms with Crippen molar-refractivity contribution in [2.75, 3.05) is 5.32 Å². The minimum absolute atomic E-state index is 0.584. The molecule has 3 unspecified atom stereocenters. The first kappa shape index (κ1) is 10.8. The number of aromatic nitrogens is 3. The maximum atomic E-state index is 4.44. The van der Waals surface area contributed by atoms with E-state index in [9.17, 15) is 0 Å². The van der Waals surface area contributed by atoms with E-state index in [4.69, 9.17) is 0 Å². The van der Waals surface area contributed by atoms with Crippen molar-refractivity contribution in [2.45, 2.75) is 18.9 Å². The second kappa shape index (κ2) is 4.23. The quantitative estimate of drug-likeness (QED) is 0.854. The molecule has 4 heteroatoms. The van der Waals surface area contributed by atoms with Gasteiger partial charge in [-0.3, -0.25) is 0 Å². The monoisotopic (exact) mass is 252 g/mol. The summed E-state index contributed by atoms with van der Waals surface area (Å²) in [5, 5.41) is 7.75. The molecule has 96 valence electrons. The molecule has 0 bridgehead atoms. The van der Waals surface area contributed by atoms with Gasteiger partial charge in [0.15, 0.2) is 5.82 Å². The molecule has 2 heterocycles. The third-order valence-corrected chi connectivity index (χ3v) is 4.20. The number of allylic oxidation sites excluding steroid dienone is 1. The molecule has 0 radical (unpaired) electrons. The van der Waals surface area contributed by atoms with Gasteiger partial charge in [-0.1, -0.05) is 12.2 Å². The van der Waals surface area contributed by atoms with Crippen LogP contribution in [0.3, 0.4) is 0 Å². The second-order valence-electron chi connectivity index (χ2n) is 5.34. The summed E-state index contributed by atoms with van der Waals surface area (Å²) in [5.41, 5.74) is 1.10. The summed E-state index contributed by atoms with van der Waals surface area (Å²) < 4.78 is 1.77. The molecule has 19 heavy (non-hydrogen) atoms. The average molecular weight is 252 g/mol. The van der Waals surface area contributed by atoms with E-state index in [-0.39, 0.29) is 0 Å². The van der Waals surface area contributed by atoms with E-state index in [2.05, 4.69) is 33.6 Å². The molecular formula is C15H16N4. The molecule has 3 atom stereocenters. The van der Waals surface area contributed by atoms with Crippen molar-refractivity contribution < 1.29 is 0 Å². The van der Waals surface area contributed by atoms with Gasteiger partial charge in [-0.15, -0.1) is 0 Å². The summed E-state index contributed by atoms with van der Waals surface area (Å²) in [7, 11) is 0. The summed E-state index contributed by atoms with van der Waals surface area (Å²) in [6, 6.07) is 6.56. The minimum atomic E-state index is 0.584. The lowest BCUT2D eigenvalue weighted by Crippen LogP contribution is -2.43. The van der Waals surface area contributed by atoms with Crippen molar-refractivity contribution in [1.29, 1.82) is 0 Å². The zero-order chi connectivity index (χ0) is 12.7. The van der Waals surface area contributed by atoms with Gasteiger partial charge in [0, 0.05) is 24.4 Å². The van der Waals surface area contributed by atoms with E-state index in [0.717, 1.165) is 23.3 Å². The van der Waals surface area contributed by atoms with Gasteiger partial charge in [0.05, 0.1) is 11.9 Å². The van der Waals surface area contributed by atoms with Gasteiger partial charge in [0.25, 0.3) is 0 Å². The lowest BCUT2D eigenvalue weighted by Gasteiger charge is -2.41. The molecule has 4 nitrogen and oxygen atoms in total. The highest BCUT2D eigenvalue weighted by molar-refractivity contribution is 5.45. The van der Waals surface area contributed by atoms with Crippen molar-refractivity contribution in [3.63, 3.8) is 0 Å². The summed E-state index contributed by atoms with van der Waals surface area (Å²) >= 11 is 0. The van der Waals surface area contributed by atoms with Crippen LogP contribution in [0.2, 0.25) is 0 Å². The van der Waals surface area contributed by atoms with Crippen LogP contribution < -0.4 is 5.32 Å². The molecular weight excluding hydrogens is 236 g/mol. The molecule has 4 rings (SSSR count). The number of pyridine rings is 1. The van der Waals surface area contributed by atoms with Crippen LogP contribution in [-0.4, -0.2) is 20.8 Å². The smallest absolute Gasteiger partial charge is 0.153 e. The lowest BCUT2D eigenvalue weighted by molar-refractivity contribution is 0.218. The summed E-state index contributed by atoms with van der Waals surface area (Å²) in [6.45, 7) is 0. The van der Waals surface area contributed by atoms with Gasteiger partial charge in [-0.2, -0.15) is 5.10 Å². The number of nitrogens with zero attached hydrogens (tertiary/aromatic N) is 3. The van der Waals surface area contributed by atoms with E-state index in [1.807, 2.05) is 24.5 Å². The van der Waals surface area contributed by atoms with Gasteiger partial charge in [0.2, 0.25) is 0 Å². The topological polar surface area (TPSA) is 42.7 Å². The molecule has 0 saturated heterocycles. The Kier molecular flexibility index (Phi) is 2.40. The molecule has 2 aromatic rings. The normalized spacial score (nSPS) is 27.9. The Bertz CT molecular complexity index is 585. The Balaban J connectivity index is 1.46. The highest BCUT2D eigenvalue weighted by Gasteiger charge is 2.40. The average Bonchev–Trinajstić information content (AvgIpc) is 3.06. The zero-order valence-electron chi connectivity index (χ0n) is 10.6. The molecule has 0 aliphatic heterocycles. The summed E-state index contributed by atoms with van der Waals surface area (Å²) in [5.74, 6) is 2.46. The number of anilines is 1. The highest BCUT2D eigenvalue weighted by atomic mass is 15.3. The van der Waals surface area contributed by atoms with Gasteiger partial charge in [-0.05, 0) is 37.0 Å². The minimum Gasteiger partial charge on any atom is -0.380 e. The molecule has 0 aromatic carbocycles. The van der Waals surface area contributed by atoms with E-state index in [1.54, 1.807) is 10.9 Å².